The topological polar surface area (TPSA) is 57.6 Å². The van der Waals surface area contributed by atoms with Crippen LogP contribution in [0.3, 0.4) is 0 Å². The zero-order chi connectivity index (χ0) is 14.6. The summed E-state index contributed by atoms with van der Waals surface area (Å²) in [5.41, 5.74) is 0.370. The third kappa shape index (κ3) is 4.51. The van der Waals surface area contributed by atoms with Gasteiger partial charge in [-0.2, -0.15) is 0 Å². The second-order valence-corrected chi connectivity index (χ2v) is 5.68. The molecule has 0 aromatic heterocycles. The Kier molecular flexibility index (Phi) is 5.82. The van der Waals surface area contributed by atoms with Crippen LogP contribution in [0.5, 0.6) is 0 Å². The lowest BCUT2D eigenvalue weighted by Crippen LogP contribution is -2.38. The molecule has 0 aliphatic carbocycles. The zero-order valence-electron chi connectivity index (χ0n) is 10.7. The Balaban J connectivity index is 2.99. The average Bonchev–Trinajstić information content (AvgIpc) is 2.31. The van der Waals surface area contributed by atoms with E-state index >= 15 is 0 Å². The van der Waals surface area contributed by atoms with Crippen LogP contribution in [0.2, 0.25) is 5.02 Å². The summed E-state index contributed by atoms with van der Waals surface area (Å²) in [7, 11) is 0. The highest BCUT2D eigenvalue weighted by atomic mass is 79.9. The summed E-state index contributed by atoms with van der Waals surface area (Å²) in [6, 6.07) is 4.92. The van der Waals surface area contributed by atoms with E-state index in [0.717, 1.165) is 4.47 Å². The number of nitrogens with zero attached hydrogens (tertiary/aromatic N) is 1. The van der Waals surface area contributed by atoms with E-state index in [1.165, 1.54) is 4.90 Å². The molecule has 1 aromatic rings. The van der Waals surface area contributed by atoms with Gasteiger partial charge in [0, 0.05) is 17.1 Å². The molecule has 0 heterocycles. The van der Waals surface area contributed by atoms with Crippen molar-refractivity contribution >= 4 is 39.4 Å². The number of carbonyl (C=O) groups excluding carboxylic acids is 1. The zero-order valence-corrected chi connectivity index (χ0v) is 13.0. The normalized spacial score (nSPS) is 10.6. The SMILES string of the molecule is CC(C)N(CCC(=O)O)C(=O)c1cc(Br)ccc1Cl. The van der Waals surface area contributed by atoms with E-state index in [-0.39, 0.29) is 24.9 Å². The molecule has 1 N–H and O–H groups in total. The molecule has 0 bridgehead atoms. The fourth-order valence-corrected chi connectivity index (χ4v) is 2.19. The molecule has 0 saturated carbocycles. The van der Waals surface area contributed by atoms with E-state index in [2.05, 4.69) is 15.9 Å². The van der Waals surface area contributed by atoms with Crippen LogP contribution >= 0.6 is 27.5 Å². The third-order valence-electron chi connectivity index (χ3n) is 2.61. The van der Waals surface area contributed by atoms with Gasteiger partial charge < -0.3 is 10.0 Å². The molecule has 104 valence electrons. The van der Waals surface area contributed by atoms with Gasteiger partial charge >= 0.3 is 5.97 Å². The molecule has 0 unspecified atom stereocenters. The number of hydrogen-bond acceptors (Lipinski definition) is 2. The van der Waals surface area contributed by atoms with Gasteiger partial charge in [0.2, 0.25) is 0 Å². The maximum Gasteiger partial charge on any atom is 0.305 e. The van der Waals surface area contributed by atoms with Crippen molar-refractivity contribution in [3.05, 3.63) is 33.3 Å². The predicted octanol–water partition coefficient (Wildman–Crippen LogP) is 3.43. The lowest BCUT2D eigenvalue weighted by molar-refractivity contribution is -0.137. The number of aliphatic carboxylic acids is 1. The molecule has 0 fully saturated rings. The van der Waals surface area contributed by atoms with Crippen LogP contribution < -0.4 is 0 Å². The van der Waals surface area contributed by atoms with E-state index in [4.69, 9.17) is 16.7 Å². The molecule has 6 heteroatoms. The summed E-state index contributed by atoms with van der Waals surface area (Å²) in [6.45, 7) is 3.84. The van der Waals surface area contributed by atoms with E-state index in [1.54, 1.807) is 18.2 Å². The first-order valence-corrected chi connectivity index (χ1v) is 6.98. The first kappa shape index (κ1) is 16.0. The van der Waals surface area contributed by atoms with Gasteiger partial charge in [-0.15, -0.1) is 0 Å². The first-order chi connectivity index (χ1) is 8.82. The minimum Gasteiger partial charge on any atom is -0.481 e. The molecule has 1 amide bonds. The molecule has 1 aromatic carbocycles. The van der Waals surface area contributed by atoms with Crippen molar-refractivity contribution in [1.29, 1.82) is 0 Å². The number of benzene rings is 1. The Morgan fingerprint density at radius 3 is 2.58 bits per heavy atom. The second-order valence-electron chi connectivity index (χ2n) is 4.36. The summed E-state index contributed by atoms with van der Waals surface area (Å²) in [6.07, 6.45) is -0.0878. The standard InChI is InChI=1S/C13H15BrClNO3/c1-8(2)16(6-5-12(17)18)13(19)10-7-9(14)3-4-11(10)15/h3-4,7-8H,5-6H2,1-2H3,(H,17,18). The van der Waals surface area contributed by atoms with Gasteiger partial charge in [0.15, 0.2) is 0 Å². The Morgan fingerprint density at radius 1 is 1.42 bits per heavy atom. The first-order valence-electron chi connectivity index (χ1n) is 5.80. The van der Waals surface area contributed by atoms with Crippen molar-refractivity contribution in [2.75, 3.05) is 6.54 Å². The molecule has 0 aliphatic rings. The number of carboxylic acid groups (broad SMARTS) is 1. The quantitative estimate of drug-likeness (QED) is 0.887. The van der Waals surface area contributed by atoms with Crippen LogP contribution in [0.25, 0.3) is 0 Å². The summed E-state index contributed by atoms with van der Waals surface area (Å²) in [5.74, 6) is -1.19. The smallest absolute Gasteiger partial charge is 0.305 e. The van der Waals surface area contributed by atoms with Gasteiger partial charge in [0.05, 0.1) is 17.0 Å². The van der Waals surface area contributed by atoms with Crippen molar-refractivity contribution in [3.8, 4) is 0 Å². The minimum absolute atomic E-state index is 0.0878. The molecule has 0 radical (unpaired) electrons. The van der Waals surface area contributed by atoms with Crippen molar-refractivity contribution in [3.63, 3.8) is 0 Å². The Hall–Kier alpha value is -1.07. The number of carboxylic acids is 1. The molecule has 0 atom stereocenters. The fraction of sp³-hybridized carbons (Fsp3) is 0.385. The maximum absolute atomic E-state index is 12.4. The van der Waals surface area contributed by atoms with Gasteiger partial charge in [-0.25, -0.2) is 0 Å². The van der Waals surface area contributed by atoms with Crippen LogP contribution in [0.4, 0.5) is 0 Å². The van der Waals surface area contributed by atoms with Gasteiger partial charge in [-0.05, 0) is 32.0 Å². The monoisotopic (exact) mass is 347 g/mol. The summed E-state index contributed by atoms with van der Waals surface area (Å²) in [5, 5.41) is 9.08. The molecular weight excluding hydrogens is 334 g/mol. The average molecular weight is 349 g/mol. The Morgan fingerprint density at radius 2 is 2.05 bits per heavy atom. The molecule has 4 nitrogen and oxygen atoms in total. The highest BCUT2D eigenvalue weighted by Crippen LogP contribution is 2.23. The molecule has 19 heavy (non-hydrogen) atoms. The molecule has 1 rings (SSSR count). The molecule has 0 aliphatic heterocycles. The highest BCUT2D eigenvalue weighted by molar-refractivity contribution is 9.10. The number of hydrogen-bond donors (Lipinski definition) is 1. The lowest BCUT2D eigenvalue weighted by Gasteiger charge is -2.26. The van der Waals surface area contributed by atoms with Crippen molar-refractivity contribution < 1.29 is 14.7 Å². The largest absolute Gasteiger partial charge is 0.481 e. The summed E-state index contributed by atoms with van der Waals surface area (Å²) >= 11 is 9.31. The Labute approximate surface area is 125 Å². The van der Waals surface area contributed by atoms with Crippen LogP contribution in [0.15, 0.2) is 22.7 Å². The van der Waals surface area contributed by atoms with Crippen LogP contribution in [0, 0.1) is 0 Å². The highest BCUT2D eigenvalue weighted by Gasteiger charge is 2.21. The number of carbonyl (C=O) groups is 2. The van der Waals surface area contributed by atoms with Gasteiger partial charge in [-0.1, -0.05) is 27.5 Å². The van der Waals surface area contributed by atoms with E-state index in [0.29, 0.717) is 10.6 Å². The second kappa shape index (κ2) is 6.91. The van der Waals surface area contributed by atoms with Gasteiger partial charge in [0.1, 0.15) is 0 Å². The summed E-state index contributed by atoms with van der Waals surface area (Å²) in [4.78, 5) is 24.5. The summed E-state index contributed by atoms with van der Waals surface area (Å²) < 4.78 is 0.752. The molecular formula is C13H15BrClNO3. The van der Waals surface area contributed by atoms with E-state index < -0.39 is 5.97 Å². The Bertz CT molecular complexity index is 491. The predicted molar refractivity (Wildman–Crippen MR) is 77.6 cm³/mol. The molecule has 0 saturated heterocycles. The van der Waals surface area contributed by atoms with E-state index in [1.807, 2.05) is 13.8 Å². The van der Waals surface area contributed by atoms with Gasteiger partial charge in [-0.3, -0.25) is 9.59 Å². The van der Waals surface area contributed by atoms with Crippen molar-refractivity contribution in [2.45, 2.75) is 26.3 Å². The van der Waals surface area contributed by atoms with Crippen molar-refractivity contribution in [2.24, 2.45) is 0 Å². The molecule has 0 spiro atoms. The van der Waals surface area contributed by atoms with Crippen molar-refractivity contribution in [1.82, 2.24) is 4.90 Å². The van der Waals surface area contributed by atoms with Gasteiger partial charge in [0.25, 0.3) is 5.91 Å². The maximum atomic E-state index is 12.4. The van der Waals surface area contributed by atoms with E-state index in [9.17, 15) is 9.59 Å². The number of amides is 1. The lowest BCUT2D eigenvalue weighted by atomic mass is 10.1. The number of rotatable bonds is 5. The third-order valence-corrected chi connectivity index (χ3v) is 3.43. The van der Waals surface area contributed by atoms with Crippen LogP contribution in [0.1, 0.15) is 30.6 Å². The van der Waals surface area contributed by atoms with Crippen LogP contribution in [-0.4, -0.2) is 34.5 Å². The number of halogens is 2. The van der Waals surface area contributed by atoms with Crippen LogP contribution in [-0.2, 0) is 4.79 Å². The minimum atomic E-state index is -0.932. The fourth-order valence-electron chi connectivity index (χ4n) is 1.63.